The van der Waals surface area contributed by atoms with Crippen molar-refractivity contribution in [3.8, 4) is 0 Å². The normalized spacial score (nSPS) is 10.4. The molecule has 0 aliphatic carbocycles. The molecule has 0 N–H and O–H groups in total. The van der Waals surface area contributed by atoms with Gasteiger partial charge in [0, 0.05) is 25.0 Å². The van der Waals surface area contributed by atoms with Crippen LogP contribution in [0.1, 0.15) is 19.4 Å². The Morgan fingerprint density at radius 1 is 1.42 bits per heavy atom. The third kappa shape index (κ3) is 5.33. The summed E-state index contributed by atoms with van der Waals surface area (Å²) in [5.41, 5.74) is 0.836. The lowest BCUT2D eigenvalue weighted by Gasteiger charge is -2.17. The molecule has 0 unspecified atom stereocenters. The maximum Gasteiger partial charge on any atom is 0.325 e. The Labute approximate surface area is 112 Å². The number of carbonyl (C=O) groups is 2. The molecule has 102 valence electrons. The summed E-state index contributed by atoms with van der Waals surface area (Å²) in [5, 5.41) is 0. The maximum absolute atomic E-state index is 11.9. The number of aromatic nitrogens is 1. The van der Waals surface area contributed by atoms with E-state index in [2.05, 4.69) is 4.98 Å². The van der Waals surface area contributed by atoms with Crippen LogP contribution in [-0.4, -0.2) is 41.5 Å². The number of hydrogen-bond acceptors (Lipinski definition) is 4. The molecule has 5 heteroatoms. The fourth-order valence-electron chi connectivity index (χ4n) is 1.46. The zero-order valence-electron chi connectivity index (χ0n) is 11.2. The average Bonchev–Trinajstić information content (AvgIpc) is 2.43. The van der Waals surface area contributed by atoms with Crippen molar-refractivity contribution in [1.29, 1.82) is 0 Å². The molecule has 0 aliphatic rings. The lowest BCUT2D eigenvalue weighted by atomic mass is 10.2. The minimum atomic E-state index is -0.396. The van der Waals surface area contributed by atoms with Crippen LogP contribution in [0.5, 0.6) is 0 Å². The number of rotatable bonds is 6. The Morgan fingerprint density at radius 2 is 2.21 bits per heavy atom. The van der Waals surface area contributed by atoms with Crippen molar-refractivity contribution in [1.82, 2.24) is 9.88 Å². The van der Waals surface area contributed by atoms with E-state index in [9.17, 15) is 9.59 Å². The van der Waals surface area contributed by atoms with Crippen LogP contribution in [0.25, 0.3) is 6.08 Å². The first-order valence-corrected chi connectivity index (χ1v) is 6.20. The molecule has 1 aromatic heterocycles. The number of carbonyl (C=O) groups excluding carboxylic acids is 2. The molecule has 0 radical (unpaired) electrons. The number of hydrogen-bond donors (Lipinski definition) is 0. The van der Waals surface area contributed by atoms with Crippen molar-refractivity contribution in [2.75, 3.05) is 19.7 Å². The van der Waals surface area contributed by atoms with Gasteiger partial charge < -0.3 is 9.64 Å². The molecule has 0 spiro atoms. The highest BCUT2D eigenvalue weighted by molar-refractivity contribution is 5.93. The van der Waals surface area contributed by atoms with Crippen molar-refractivity contribution in [2.45, 2.75) is 13.8 Å². The van der Waals surface area contributed by atoms with Gasteiger partial charge in [0.1, 0.15) is 6.54 Å². The molecule has 0 bridgehead atoms. The predicted octanol–water partition coefficient (Wildman–Crippen LogP) is 1.51. The summed E-state index contributed by atoms with van der Waals surface area (Å²) < 4.78 is 4.82. The Hall–Kier alpha value is -2.17. The van der Waals surface area contributed by atoms with E-state index in [-0.39, 0.29) is 12.5 Å². The van der Waals surface area contributed by atoms with Crippen molar-refractivity contribution < 1.29 is 14.3 Å². The van der Waals surface area contributed by atoms with E-state index in [1.165, 1.54) is 11.0 Å². The minimum absolute atomic E-state index is 0.0272. The molecule has 0 fully saturated rings. The lowest BCUT2D eigenvalue weighted by Crippen LogP contribution is -2.35. The second kappa shape index (κ2) is 8.02. The topological polar surface area (TPSA) is 59.5 Å². The summed E-state index contributed by atoms with van der Waals surface area (Å²) in [7, 11) is 0. The molecular weight excluding hydrogens is 244 g/mol. The van der Waals surface area contributed by atoms with Gasteiger partial charge in [0.15, 0.2) is 0 Å². The van der Waals surface area contributed by atoms with E-state index >= 15 is 0 Å². The van der Waals surface area contributed by atoms with Gasteiger partial charge >= 0.3 is 5.97 Å². The minimum Gasteiger partial charge on any atom is -0.465 e. The molecule has 0 saturated carbocycles. The second-order valence-electron chi connectivity index (χ2n) is 3.78. The molecule has 1 amide bonds. The molecule has 0 aromatic carbocycles. The first kappa shape index (κ1) is 14.9. The van der Waals surface area contributed by atoms with Crippen molar-refractivity contribution in [3.63, 3.8) is 0 Å². The molecule has 0 aliphatic heterocycles. The van der Waals surface area contributed by atoms with Gasteiger partial charge in [-0.2, -0.15) is 0 Å². The number of likely N-dealkylation sites (N-methyl/N-ethyl adjacent to an activating group) is 1. The van der Waals surface area contributed by atoms with Gasteiger partial charge in [-0.3, -0.25) is 14.6 Å². The van der Waals surface area contributed by atoms with Gasteiger partial charge in [-0.15, -0.1) is 0 Å². The van der Waals surface area contributed by atoms with Crippen LogP contribution >= 0.6 is 0 Å². The summed E-state index contributed by atoms with van der Waals surface area (Å²) >= 11 is 0. The highest BCUT2D eigenvalue weighted by Crippen LogP contribution is 2.00. The summed E-state index contributed by atoms with van der Waals surface area (Å²) in [5.74, 6) is -0.619. The van der Waals surface area contributed by atoms with Crippen LogP contribution in [0.4, 0.5) is 0 Å². The summed E-state index contributed by atoms with van der Waals surface area (Å²) in [4.78, 5) is 28.6. The first-order valence-electron chi connectivity index (χ1n) is 6.20. The Kier molecular flexibility index (Phi) is 6.29. The average molecular weight is 262 g/mol. The lowest BCUT2D eigenvalue weighted by molar-refractivity contribution is -0.147. The summed E-state index contributed by atoms with van der Waals surface area (Å²) in [6.45, 7) is 4.29. The number of ether oxygens (including phenoxy) is 1. The molecule has 5 nitrogen and oxygen atoms in total. The molecule has 0 saturated heterocycles. The standard InChI is InChI=1S/C14H18N2O3/c1-3-16(11-14(18)19-4-2)13(17)8-7-12-6-5-9-15-10-12/h5-10H,3-4,11H2,1-2H3/b8-7+. The van der Waals surface area contributed by atoms with Gasteiger partial charge in [-0.1, -0.05) is 6.07 Å². The highest BCUT2D eigenvalue weighted by Gasteiger charge is 2.13. The van der Waals surface area contributed by atoms with Gasteiger partial charge in [0.2, 0.25) is 5.91 Å². The number of amides is 1. The van der Waals surface area contributed by atoms with E-state index < -0.39 is 5.97 Å². The predicted molar refractivity (Wildman–Crippen MR) is 72.2 cm³/mol. The Bertz CT molecular complexity index is 443. The van der Waals surface area contributed by atoms with Gasteiger partial charge in [0.25, 0.3) is 0 Å². The van der Waals surface area contributed by atoms with E-state index in [4.69, 9.17) is 4.74 Å². The molecule has 0 atom stereocenters. The summed E-state index contributed by atoms with van der Waals surface area (Å²) in [6, 6.07) is 3.64. The van der Waals surface area contributed by atoms with Gasteiger partial charge in [-0.25, -0.2) is 0 Å². The van der Waals surface area contributed by atoms with Crippen LogP contribution in [0.3, 0.4) is 0 Å². The number of esters is 1. The Morgan fingerprint density at radius 3 is 2.79 bits per heavy atom. The second-order valence-corrected chi connectivity index (χ2v) is 3.78. The van der Waals surface area contributed by atoms with Crippen molar-refractivity contribution in [2.24, 2.45) is 0 Å². The highest BCUT2D eigenvalue weighted by atomic mass is 16.5. The van der Waals surface area contributed by atoms with E-state index in [0.29, 0.717) is 13.2 Å². The fraction of sp³-hybridized carbons (Fsp3) is 0.357. The van der Waals surface area contributed by atoms with Crippen LogP contribution in [0, 0.1) is 0 Å². The zero-order chi connectivity index (χ0) is 14.1. The van der Waals surface area contributed by atoms with Crippen LogP contribution < -0.4 is 0 Å². The smallest absolute Gasteiger partial charge is 0.325 e. The SMILES string of the molecule is CCOC(=O)CN(CC)C(=O)/C=C/c1cccnc1. The molecular formula is C14H18N2O3. The maximum atomic E-state index is 11.9. The third-order valence-electron chi connectivity index (χ3n) is 2.42. The van der Waals surface area contributed by atoms with Crippen LogP contribution in [0.15, 0.2) is 30.6 Å². The van der Waals surface area contributed by atoms with Gasteiger partial charge in [0.05, 0.1) is 6.61 Å². The quantitative estimate of drug-likeness (QED) is 0.576. The van der Waals surface area contributed by atoms with Crippen molar-refractivity contribution in [3.05, 3.63) is 36.2 Å². The van der Waals surface area contributed by atoms with E-state index in [1.54, 1.807) is 31.5 Å². The monoisotopic (exact) mass is 262 g/mol. The molecule has 1 aromatic rings. The number of pyridine rings is 1. The first-order chi connectivity index (χ1) is 9.17. The number of nitrogens with zero attached hydrogens (tertiary/aromatic N) is 2. The molecule has 1 rings (SSSR count). The van der Waals surface area contributed by atoms with Crippen LogP contribution in [0.2, 0.25) is 0 Å². The van der Waals surface area contributed by atoms with E-state index in [0.717, 1.165) is 5.56 Å². The van der Waals surface area contributed by atoms with Crippen molar-refractivity contribution >= 4 is 18.0 Å². The summed E-state index contributed by atoms with van der Waals surface area (Å²) in [6.07, 6.45) is 6.42. The molecule has 19 heavy (non-hydrogen) atoms. The Balaban J connectivity index is 2.59. The third-order valence-corrected chi connectivity index (χ3v) is 2.42. The molecule has 1 heterocycles. The van der Waals surface area contributed by atoms with E-state index in [1.807, 2.05) is 13.0 Å². The zero-order valence-corrected chi connectivity index (χ0v) is 11.2. The van der Waals surface area contributed by atoms with Crippen LogP contribution in [-0.2, 0) is 14.3 Å². The fourth-order valence-corrected chi connectivity index (χ4v) is 1.46. The largest absolute Gasteiger partial charge is 0.465 e. The van der Waals surface area contributed by atoms with Gasteiger partial charge in [-0.05, 0) is 31.6 Å².